The number of nitrogens with one attached hydrogen (secondary N) is 1. The largest absolute Gasteiger partial charge is 0.433 e. The summed E-state index contributed by atoms with van der Waals surface area (Å²) in [5, 5.41) is 11.2. The second-order valence-electron chi connectivity index (χ2n) is 6.72. The van der Waals surface area contributed by atoms with E-state index in [9.17, 15) is 18.0 Å². The highest BCUT2D eigenvalue weighted by molar-refractivity contribution is 5.92. The molecule has 3 aromatic rings. The van der Waals surface area contributed by atoms with Gasteiger partial charge in [0.2, 0.25) is 0 Å². The first-order chi connectivity index (χ1) is 13.3. The summed E-state index contributed by atoms with van der Waals surface area (Å²) in [6, 6.07) is 10.5. The van der Waals surface area contributed by atoms with Crippen molar-refractivity contribution in [1.29, 1.82) is 0 Å². The predicted molar refractivity (Wildman–Crippen MR) is 95.5 cm³/mol. The third-order valence-electron chi connectivity index (χ3n) is 4.94. The van der Waals surface area contributed by atoms with E-state index in [4.69, 9.17) is 0 Å². The third-order valence-corrected chi connectivity index (χ3v) is 4.94. The lowest BCUT2D eigenvalue weighted by atomic mass is 10.0. The molecule has 1 amide bonds. The second-order valence-corrected chi connectivity index (χ2v) is 6.72. The van der Waals surface area contributed by atoms with Crippen molar-refractivity contribution in [3.05, 3.63) is 59.0 Å². The van der Waals surface area contributed by atoms with Crippen molar-refractivity contribution in [3.8, 4) is 11.3 Å². The van der Waals surface area contributed by atoms with Crippen LogP contribution in [-0.4, -0.2) is 43.9 Å². The van der Waals surface area contributed by atoms with Gasteiger partial charge in [-0.1, -0.05) is 30.3 Å². The number of aromatic amines is 1. The Bertz CT molecular complexity index is 1010. The van der Waals surface area contributed by atoms with E-state index in [1.165, 1.54) is 7.05 Å². The fraction of sp³-hybridized carbons (Fsp3) is 0.316. The quantitative estimate of drug-likeness (QED) is 0.733. The second kappa shape index (κ2) is 6.81. The maximum atomic E-state index is 13.0. The molecule has 3 heterocycles. The van der Waals surface area contributed by atoms with Crippen molar-refractivity contribution >= 4 is 5.91 Å². The molecule has 4 rings (SSSR count). The van der Waals surface area contributed by atoms with Gasteiger partial charge < -0.3 is 4.90 Å². The van der Waals surface area contributed by atoms with E-state index < -0.39 is 17.8 Å². The molecule has 0 saturated carbocycles. The van der Waals surface area contributed by atoms with Crippen molar-refractivity contribution in [2.75, 3.05) is 13.1 Å². The van der Waals surface area contributed by atoms with Crippen molar-refractivity contribution in [1.82, 2.24) is 24.9 Å². The zero-order chi connectivity index (χ0) is 19.9. The number of aryl methyl sites for hydroxylation is 1. The van der Waals surface area contributed by atoms with Crippen molar-refractivity contribution in [3.63, 3.8) is 0 Å². The molecule has 1 aliphatic rings. The molecule has 0 bridgehead atoms. The van der Waals surface area contributed by atoms with Gasteiger partial charge in [0.25, 0.3) is 5.91 Å². The van der Waals surface area contributed by atoms with E-state index in [1.807, 2.05) is 30.3 Å². The van der Waals surface area contributed by atoms with Crippen LogP contribution in [0.25, 0.3) is 11.3 Å². The number of hydrogen-bond donors (Lipinski definition) is 1. The Hall–Kier alpha value is -3.10. The summed E-state index contributed by atoms with van der Waals surface area (Å²) in [5.74, 6) is -0.495. The summed E-state index contributed by atoms with van der Waals surface area (Å²) in [6.07, 6.45) is -3.42. The SMILES string of the molecule is Cn1nc(C(=O)N2CCc3[nH]nc(-c4ccccc4)c3CC2)cc1C(F)(F)F. The Balaban J connectivity index is 1.55. The van der Waals surface area contributed by atoms with Crippen LogP contribution in [0.1, 0.15) is 27.4 Å². The number of carbonyl (C=O) groups is 1. The minimum atomic E-state index is -4.55. The van der Waals surface area contributed by atoms with E-state index in [2.05, 4.69) is 15.3 Å². The van der Waals surface area contributed by atoms with Gasteiger partial charge in [-0.25, -0.2) is 0 Å². The number of rotatable bonds is 2. The lowest BCUT2D eigenvalue weighted by Crippen LogP contribution is -2.33. The van der Waals surface area contributed by atoms with Crippen LogP contribution >= 0.6 is 0 Å². The van der Waals surface area contributed by atoms with Crippen LogP contribution < -0.4 is 0 Å². The Labute approximate surface area is 159 Å². The highest BCUT2D eigenvalue weighted by Gasteiger charge is 2.36. The summed E-state index contributed by atoms with van der Waals surface area (Å²) in [4.78, 5) is 14.3. The van der Waals surface area contributed by atoms with E-state index in [0.717, 1.165) is 28.6 Å². The molecule has 1 aliphatic heterocycles. The lowest BCUT2D eigenvalue weighted by Gasteiger charge is -2.19. The minimum Gasteiger partial charge on any atom is -0.337 e. The fourth-order valence-corrected chi connectivity index (χ4v) is 3.52. The molecule has 2 aromatic heterocycles. The molecule has 146 valence electrons. The molecule has 0 atom stereocenters. The number of carbonyl (C=O) groups excluding carboxylic acids is 1. The normalized spacial score (nSPS) is 14.6. The molecule has 1 N–H and O–H groups in total. The van der Waals surface area contributed by atoms with Crippen LogP contribution in [0.15, 0.2) is 36.4 Å². The smallest absolute Gasteiger partial charge is 0.337 e. The van der Waals surface area contributed by atoms with Crippen molar-refractivity contribution < 1.29 is 18.0 Å². The van der Waals surface area contributed by atoms with Gasteiger partial charge in [0.1, 0.15) is 5.69 Å². The maximum Gasteiger partial charge on any atom is 0.433 e. The number of nitrogens with zero attached hydrogens (tertiary/aromatic N) is 4. The molecule has 0 saturated heterocycles. The van der Waals surface area contributed by atoms with Gasteiger partial charge in [-0.05, 0) is 6.42 Å². The summed E-state index contributed by atoms with van der Waals surface area (Å²) in [5.41, 5.74) is 2.69. The molecule has 9 heteroatoms. The summed E-state index contributed by atoms with van der Waals surface area (Å²) >= 11 is 0. The van der Waals surface area contributed by atoms with Gasteiger partial charge in [-0.15, -0.1) is 0 Å². The predicted octanol–water partition coefficient (Wildman–Crippen LogP) is 3.07. The number of halogens is 3. The van der Waals surface area contributed by atoms with Gasteiger partial charge >= 0.3 is 6.18 Å². The first-order valence-electron chi connectivity index (χ1n) is 8.86. The highest BCUT2D eigenvalue weighted by Crippen LogP contribution is 2.30. The van der Waals surface area contributed by atoms with E-state index in [-0.39, 0.29) is 5.69 Å². The Morgan fingerprint density at radius 3 is 2.54 bits per heavy atom. The average molecular weight is 389 g/mol. The minimum absolute atomic E-state index is 0.193. The van der Waals surface area contributed by atoms with Gasteiger partial charge in [-0.3, -0.25) is 14.6 Å². The summed E-state index contributed by atoms with van der Waals surface area (Å²) in [7, 11) is 1.19. The first kappa shape index (κ1) is 18.3. The number of alkyl halides is 3. The standard InChI is InChI=1S/C19H18F3N5O/c1-26-16(19(20,21)22)11-15(25-26)18(28)27-9-7-13-14(8-10-27)23-24-17(13)12-5-3-2-4-6-12/h2-6,11H,7-10H2,1H3,(H,23,24). The molecule has 0 fully saturated rings. The van der Waals surface area contributed by atoms with Crippen LogP contribution in [0.4, 0.5) is 13.2 Å². The number of benzene rings is 1. The molecule has 1 aromatic carbocycles. The lowest BCUT2D eigenvalue weighted by molar-refractivity contribution is -0.143. The van der Waals surface area contributed by atoms with Crippen LogP contribution in [0, 0.1) is 0 Å². The Morgan fingerprint density at radius 1 is 1.14 bits per heavy atom. The van der Waals surface area contributed by atoms with Gasteiger partial charge in [0, 0.05) is 49.4 Å². The summed E-state index contributed by atoms with van der Waals surface area (Å²) in [6.45, 7) is 0.781. The van der Waals surface area contributed by atoms with Gasteiger partial charge in [-0.2, -0.15) is 23.4 Å². The number of aromatic nitrogens is 4. The first-order valence-corrected chi connectivity index (χ1v) is 8.86. The molecule has 0 spiro atoms. The van der Waals surface area contributed by atoms with Crippen LogP contribution in [0.3, 0.4) is 0 Å². The average Bonchev–Trinajstić information content (AvgIpc) is 3.19. The van der Waals surface area contributed by atoms with E-state index in [1.54, 1.807) is 4.90 Å². The fourth-order valence-electron chi connectivity index (χ4n) is 3.52. The monoisotopic (exact) mass is 389 g/mol. The van der Waals surface area contributed by atoms with E-state index in [0.29, 0.717) is 30.6 Å². The van der Waals surface area contributed by atoms with Gasteiger partial charge in [0.05, 0.1) is 5.69 Å². The molecular weight excluding hydrogens is 371 g/mol. The number of fused-ring (bicyclic) bond motifs is 1. The molecule has 0 aliphatic carbocycles. The van der Waals surface area contributed by atoms with Crippen LogP contribution in [0.2, 0.25) is 0 Å². The topological polar surface area (TPSA) is 66.8 Å². The Kier molecular flexibility index (Phi) is 4.44. The number of hydrogen-bond acceptors (Lipinski definition) is 3. The summed E-state index contributed by atoms with van der Waals surface area (Å²) < 4.78 is 39.6. The molecule has 28 heavy (non-hydrogen) atoms. The third kappa shape index (κ3) is 3.28. The Morgan fingerprint density at radius 2 is 1.86 bits per heavy atom. The zero-order valence-corrected chi connectivity index (χ0v) is 15.1. The van der Waals surface area contributed by atoms with Gasteiger partial charge in [0.15, 0.2) is 5.69 Å². The zero-order valence-electron chi connectivity index (χ0n) is 15.1. The molecule has 0 unspecified atom stereocenters. The van der Waals surface area contributed by atoms with Crippen molar-refractivity contribution in [2.45, 2.75) is 19.0 Å². The van der Waals surface area contributed by atoms with Crippen LogP contribution in [0.5, 0.6) is 0 Å². The number of H-pyrrole nitrogens is 1. The number of amides is 1. The maximum absolute atomic E-state index is 13.0. The van der Waals surface area contributed by atoms with E-state index >= 15 is 0 Å². The van der Waals surface area contributed by atoms with Crippen molar-refractivity contribution in [2.24, 2.45) is 7.05 Å². The van der Waals surface area contributed by atoms with Crippen LogP contribution in [-0.2, 0) is 26.1 Å². The molecule has 0 radical (unpaired) electrons. The molecule has 6 nitrogen and oxygen atoms in total. The molecular formula is C19H18F3N5O. The highest BCUT2D eigenvalue weighted by atomic mass is 19.4.